The van der Waals surface area contributed by atoms with Crippen molar-refractivity contribution in [2.45, 2.75) is 25.7 Å². The summed E-state index contributed by atoms with van der Waals surface area (Å²) in [7, 11) is 0. The molecule has 3 heteroatoms. The molecule has 0 fully saturated rings. The predicted octanol–water partition coefficient (Wildman–Crippen LogP) is 3.20. The van der Waals surface area contributed by atoms with Crippen LogP contribution in [-0.4, -0.2) is 5.88 Å². The minimum absolute atomic E-state index is 0. The summed E-state index contributed by atoms with van der Waals surface area (Å²) < 4.78 is 0. The van der Waals surface area contributed by atoms with Crippen LogP contribution < -0.4 is 0 Å². The molecule has 0 amide bonds. The first-order chi connectivity index (χ1) is 3.41. The van der Waals surface area contributed by atoms with Gasteiger partial charge in [0, 0.05) is 25.4 Å². The number of hydrogen-bond donors (Lipinski definition) is 0. The van der Waals surface area contributed by atoms with Crippen LogP contribution in [0.25, 0.3) is 0 Å². The third-order valence-electron chi connectivity index (χ3n) is 0.884. The van der Waals surface area contributed by atoms with Gasteiger partial charge in [-0.1, -0.05) is 12.8 Å². The summed E-state index contributed by atoms with van der Waals surface area (Å²) in [5.74, 6) is 0.806. The summed E-state index contributed by atoms with van der Waals surface area (Å²) in [6.07, 6.45) is 4.67. The molecule has 0 heterocycles. The zero-order valence-electron chi connectivity index (χ0n) is 5.74. The van der Waals surface area contributed by atoms with Crippen LogP contribution in [0.1, 0.15) is 25.7 Å². The molecule has 0 saturated heterocycles. The Morgan fingerprint density at radius 3 is 2.00 bits per heavy atom. The number of alkyl halides is 1. The Hall–Kier alpha value is 1.39. The Morgan fingerprint density at radius 1 is 1.11 bits per heavy atom. The zero-order valence-corrected chi connectivity index (χ0v) is 11.2. The fraction of sp³-hybridized carbons (Fsp3) is 0.833. The van der Waals surface area contributed by atoms with Gasteiger partial charge in [0.2, 0.25) is 0 Å². The van der Waals surface area contributed by atoms with Gasteiger partial charge in [0.1, 0.15) is 0 Å². The normalized spacial score (nSPS) is 7.33. The Morgan fingerprint density at radius 2 is 1.67 bits per heavy atom. The molecule has 0 aromatic carbocycles. The Balaban J connectivity index is -0.000000180. The van der Waals surface area contributed by atoms with E-state index in [9.17, 15) is 0 Å². The fourth-order valence-electron chi connectivity index (χ4n) is 0.448. The number of hydrogen-bond acceptors (Lipinski definition) is 0. The number of rotatable bonds is 4. The van der Waals surface area contributed by atoms with Crippen LogP contribution in [0.2, 0.25) is 0 Å². The third kappa shape index (κ3) is 17.7. The van der Waals surface area contributed by atoms with Crippen LogP contribution >= 0.6 is 28.6 Å². The average molecular weight is 266 g/mol. The molecule has 0 rings (SSSR count). The van der Waals surface area contributed by atoms with E-state index in [1.165, 1.54) is 12.8 Å². The summed E-state index contributed by atoms with van der Waals surface area (Å²) in [4.78, 5) is 0. The van der Waals surface area contributed by atoms with Gasteiger partial charge >= 0.3 is 0 Å². The van der Waals surface area contributed by atoms with Gasteiger partial charge in [-0.2, -0.15) is 6.42 Å². The molecule has 0 aromatic heterocycles. The molecule has 0 bridgehead atoms. The second-order valence-corrected chi connectivity index (χ2v) is 1.98. The molecule has 0 saturated carbocycles. The van der Waals surface area contributed by atoms with Gasteiger partial charge < -0.3 is 6.92 Å². The molecule has 9 heavy (non-hydrogen) atoms. The molecule has 0 aliphatic rings. The minimum atomic E-state index is 0. The topological polar surface area (TPSA) is 0 Å². The maximum absolute atomic E-state index is 5.42. The van der Waals surface area contributed by atoms with Crippen LogP contribution in [0.5, 0.6) is 0 Å². The third-order valence-corrected chi connectivity index (χ3v) is 1.15. The fourth-order valence-corrected chi connectivity index (χ4v) is 0.637. The van der Waals surface area contributed by atoms with Crippen molar-refractivity contribution in [1.82, 2.24) is 0 Å². The van der Waals surface area contributed by atoms with E-state index in [1.54, 1.807) is 0 Å². The largest absolute Gasteiger partial charge is 0.343 e. The maximum atomic E-state index is 5.42. The molecule has 0 radical (unpaired) electrons. The number of unbranched alkanes of at least 4 members (excludes halogenated alkanes) is 3. The van der Waals surface area contributed by atoms with Gasteiger partial charge in [-0.15, -0.1) is 28.6 Å². The molecule has 0 spiro atoms. The standard InChI is InChI=1S/C6H12Cl.BrH.Zn/c1-2-3-4-5-6-7;;/h1-6H2;1H;/q-1;;. The summed E-state index contributed by atoms with van der Waals surface area (Å²) in [5, 5.41) is 0. The van der Waals surface area contributed by atoms with E-state index in [-0.39, 0.29) is 36.5 Å². The Kier molecular flexibility index (Phi) is 30.2. The minimum Gasteiger partial charge on any atom is -0.343 e. The molecule has 0 aromatic rings. The van der Waals surface area contributed by atoms with Crippen LogP contribution in [0, 0.1) is 6.92 Å². The molecule has 0 unspecified atom stereocenters. The van der Waals surface area contributed by atoms with E-state index < -0.39 is 0 Å². The molecule has 0 atom stereocenters. The van der Waals surface area contributed by atoms with Crippen LogP contribution in [0.4, 0.5) is 0 Å². The van der Waals surface area contributed by atoms with Gasteiger partial charge in [-0.3, -0.25) is 0 Å². The smallest absolute Gasteiger partial charge is 0.0223 e. The van der Waals surface area contributed by atoms with E-state index in [0.717, 1.165) is 18.7 Å². The predicted molar refractivity (Wildman–Crippen MR) is 44.9 cm³/mol. The van der Waals surface area contributed by atoms with Crippen molar-refractivity contribution in [2.75, 3.05) is 5.88 Å². The van der Waals surface area contributed by atoms with Crippen molar-refractivity contribution in [3.63, 3.8) is 0 Å². The second-order valence-electron chi connectivity index (χ2n) is 1.60. The van der Waals surface area contributed by atoms with Crippen LogP contribution in [0.15, 0.2) is 0 Å². The second kappa shape index (κ2) is 16.2. The summed E-state index contributed by atoms with van der Waals surface area (Å²) in [6.45, 7) is 3.71. The van der Waals surface area contributed by atoms with Crippen LogP contribution in [0.3, 0.4) is 0 Å². The summed E-state index contributed by atoms with van der Waals surface area (Å²) in [5.41, 5.74) is 0. The van der Waals surface area contributed by atoms with Gasteiger partial charge in [-0.05, 0) is 6.42 Å². The van der Waals surface area contributed by atoms with Gasteiger partial charge in [0.05, 0.1) is 0 Å². The Bertz CT molecular complexity index is 32.2. The molecule has 0 N–H and O–H groups in total. The average Bonchev–Trinajstić information content (AvgIpc) is 1.69. The van der Waals surface area contributed by atoms with E-state index >= 15 is 0 Å². The Labute approximate surface area is 86.3 Å². The van der Waals surface area contributed by atoms with E-state index in [1.807, 2.05) is 0 Å². The quantitative estimate of drug-likeness (QED) is 0.317. The van der Waals surface area contributed by atoms with Gasteiger partial charge in [-0.25, -0.2) is 0 Å². The van der Waals surface area contributed by atoms with Crippen molar-refractivity contribution in [3.05, 3.63) is 6.92 Å². The first-order valence-corrected chi connectivity index (χ1v) is 3.30. The molecule has 0 nitrogen and oxygen atoms in total. The summed E-state index contributed by atoms with van der Waals surface area (Å²) >= 11 is 5.42. The summed E-state index contributed by atoms with van der Waals surface area (Å²) in [6, 6.07) is 0. The van der Waals surface area contributed by atoms with Gasteiger partial charge in [0.25, 0.3) is 0 Å². The van der Waals surface area contributed by atoms with Crippen molar-refractivity contribution in [1.29, 1.82) is 0 Å². The SMILES string of the molecule is Br.[CH2-]CCCCCCl.[Zn]. The molecule has 0 aliphatic heterocycles. The molecular weight excluding hydrogens is 253 g/mol. The molecular formula is C6H13BrClZn-. The van der Waals surface area contributed by atoms with Crippen molar-refractivity contribution in [3.8, 4) is 0 Å². The van der Waals surface area contributed by atoms with Crippen molar-refractivity contribution in [2.24, 2.45) is 0 Å². The first-order valence-electron chi connectivity index (χ1n) is 2.77. The van der Waals surface area contributed by atoms with E-state index in [0.29, 0.717) is 0 Å². The van der Waals surface area contributed by atoms with Crippen molar-refractivity contribution >= 4 is 28.6 Å². The molecule has 0 aliphatic carbocycles. The number of halogens is 2. The molecule has 54 valence electrons. The van der Waals surface area contributed by atoms with Gasteiger partial charge in [0.15, 0.2) is 0 Å². The van der Waals surface area contributed by atoms with Crippen LogP contribution in [-0.2, 0) is 19.5 Å². The van der Waals surface area contributed by atoms with Crippen molar-refractivity contribution < 1.29 is 19.5 Å². The zero-order chi connectivity index (χ0) is 5.54. The van der Waals surface area contributed by atoms with E-state index in [4.69, 9.17) is 11.6 Å². The van der Waals surface area contributed by atoms with E-state index in [2.05, 4.69) is 6.92 Å². The monoisotopic (exact) mass is 263 g/mol. The maximum Gasteiger partial charge on any atom is 0.0223 e. The first kappa shape index (κ1) is 16.8.